The van der Waals surface area contributed by atoms with Crippen LogP contribution in [0.15, 0.2) is 24.3 Å². The maximum atomic E-state index is 13.0. The summed E-state index contributed by atoms with van der Waals surface area (Å²) in [6.07, 6.45) is 2.38. The number of aryl methyl sites for hydroxylation is 1. The van der Waals surface area contributed by atoms with Gasteiger partial charge in [0.2, 0.25) is 0 Å². The Kier molecular flexibility index (Phi) is 2.44. The van der Waals surface area contributed by atoms with Crippen LogP contribution in [0.25, 0.3) is 5.69 Å². The standard InChI is InChI=1S/C13H12ClFN2/c1-8-6-10(15)4-5-12(8)17-13(14)7-11(16-17)9-2-3-9/h4-7,9H,2-3H2,1H3. The fourth-order valence-corrected chi connectivity index (χ4v) is 2.22. The van der Waals surface area contributed by atoms with Crippen LogP contribution >= 0.6 is 11.6 Å². The summed E-state index contributed by atoms with van der Waals surface area (Å²) in [6.45, 7) is 1.85. The molecule has 3 rings (SSSR count). The minimum Gasteiger partial charge on any atom is -0.222 e. The van der Waals surface area contributed by atoms with Crippen molar-refractivity contribution >= 4 is 11.6 Å². The molecule has 1 fully saturated rings. The summed E-state index contributed by atoms with van der Waals surface area (Å²) in [6, 6.07) is 6.53. The first-order valence-corrected chi connectivity index (χ1v) is 6.05. The fraction of sp³-hybridized carbons (Fsp3) is 0.308. The second-order valence-corrected chi connectivity index (χ2v) is 4.90. The lowest BCUT2D eigenvalue weighted by molar-refractivity contribution is 0.625. The van der Waals surface area contributed by atoms with Gasteiger partial charge in [-0.15, -0.1) is 0 Å². The minimum atomic E-state index is -0.239. The molecule has 0 radical (unpaired) electrons. The maximum absolute atomic E-state index is 13.0. The Morgan fingerprint density at radius 1 is 1.35 bits per heavy atom. The second-order valence-electron chi connectivity index (χ2n) is 4.51. The second kappa shape index (κ2) is 3.84. The highest BCUT2D eigenvalue weighted by Crippen LogP contribution is 2.40. The van der Waals surface area contributed by atoms with E-state index >= 15 is 0 Å². The predicted molar refractivity (Wildman–Crippen MR) is 65.2 cm³/mol. The molecule has 2 aromatic rings. The number of benzene rings is 1. The van der Waals surface area contributed by atoms with Crippen LogP contribution in [0.5, 0.6) is 0 Å². The van der Waals surface area contributed by atoms with Crippen molar-refractivity contribution in [3.05, 3.63) is 46.5 Å². The van der Waals surface area contributed by atoms with Gasteiger partial charge in [0.15, 0.2) is 0 Å². The van der Waals surface area contributed by atoms with Gasteiger partial charge in [0, 0.05) is 5.92 Å². The third-order valence-corrected chi connectivity index (χ3v) is 3.34. The molecular weight excluding hydrogens is 239 g/mol. The van der Waals surface area contributed by atoms with Crippen molar-refractivity contribution < 1.29 is 4.39 Å². The van der Waals surface area contributed by atoms with Crippen molar-refractivity contribution in [2.45, 2.75) is 25.7 Å². The van der Waals surface area contributed by atoms with Crippen molar-refractivity contribution in [2.24, 2.45) is 0 Å². The molecule has 0 spiro atoms. The third kappa shape index (κ3) is 1.95. The lowest BCUT2D eigenvalue weighted by Gasteiger charge is -2.06. The van der Waals surface area contributed by atoms with Gasteiger partial charge in [0.25, 0.3) is 0 Å². The number of rotatable bonds is 2. The van der Waals surface area contributed by atoms with Gasteiger partial charge in [-0.05, 0) is 49.6 Å². The largest absolute Gasteiger partial charge is 0.222 e. The Labute approximate surface area is 104 Å². The molecule has 0 unspecified atom stereocenters. The van der Waals surface area contributed by atoms with Gasteiger partial charge in [0.05, 0.1) is 11.4 Å². The quantitative estimate of drug-likeness (QED) is 0.792. The molecule has 1 heterocycles. The third-order valence-electron chi connectivity index (χ3n) is 3.07. The topological polar surface area (TPSA) is 17.8 Å². The molecule has 0 amide bonds. The van der Waals surface area contributed by atoms with Crippen LogP contribution in [-0.2, 0) is 0 Å². The first-order chi connectivity index (χ1) is 8.15. The summed E-state index contributed by atoms with van der Waals surface area (Å²) in [4.78, 5) is 0. The molecule has 1 saturated carbocycles. The molecule has 1 aromatic carbocycles. The average molecular weight is 251 g/mol. The molecule has 17 heavy (non-hydrogen) atoms. The van der Waals surface area contributed by atoms with Crippen LogP contribution in [0.3, 0.4) is 0 Å². The van der Waals surface area contributed by atoms with Crippen LogP contribution in [-0.4, -0.2) is 9.78 Å². The van der Waals surface area contributed by atoms with E-state index < -0.39 is 0 Å². The summed E-state index contributed by atoms with van der Waals surface area (Å²) >= 11 is 6.17. The number of hydrogen-bond acceptors (Lipinski definition) is 1. The monoisotopic (exact) mass is 250 g/mol. The summed E-state index contributed by atoms with van der Waals surface area (Å²) in [5.41, 5.74) is 2.71. The average Bonchev–Trinajstić information content (AvgIpc) is 3.04. The predicted octanol–water partition coefficient (Wildman–Crippen LogP) is 3.85. The summed E-state index contributed by atoms with van der Waals surface area (Å²) < 4.78 is 14.7. The van der Waals surface area contributed by atoms with E-state index in [0.29, 0.717) is 11.1 Å². The Morgan fingerprint density at radius 3 is 2.76 bits per heavy atom. The SMILES string of the molecule is Cc1cc(F)ccc1-n1nc(C2CC2)cc1Cl. The van der Waals surface area contributed by atoms with E-state index in [4.69, 9.17) is 11.6 Å². The lowest BCUT2D eigenvalue weighted by atomic mass is 10.2. The van der Waals surface area contributed by atoms with E-state index in [9.17, 15) is 4.39 Å². The van der Waals surface area contributed by atoms with E-state index in [1.54, 1.807) is 10.7 Å². The van der Waals surface area contributed by atoms with Gasteiger partial charge >= 0.3 is 0 Å². The number of nitrogens with zero attached hydrogens (tertiary/aromatic N) is 2. The zero-order valence-corrected chi connectivity index (χ0v) is 10.2. The lowest BCUT2D eigenvalue weighted by Crippen LogP contribution is -2.00. The minimum absolute atomic E-state index is 0.239. The molecule has 1 aromatic heterocycles. The fourth-order valence-electron chi connectivity index (χ4n) is 1.98. The van der Waals surface area contributed by atoms with Crippen molar-refractivity contribution in [1.82, 2.24) is 9.78 Å². The van der Waals surface area contributed by atoms with Crippen LogP contribution in [0.1, 0.15) is 30.0 Å². The Hall–Kier alpha value is -1.35. The van der Waals surface area contributed by atoms with Crippen LogP contribution in [0.2, 0.25) is 5.15 Å². The number of aromatic nitrogens is 2. The first-order valence-electron chi connectivity index (χ1n) is 5.67. The Morgan fingerprint density at radius 2 is 2.12 bits per heavy atom. The van der Waals surface area contributed by atoms with Crippen molar-refractivity contribution in [3.8, 4) is 5.69 Å². The van der Waals surface area contributed by atoms with E-state index in [-0.39, 0.29) is 5.82 Å². The van der Waals surface area contributed by atoms with E-state index in [2.05, 4.69) is 5.10 Å². The molecule has 2 nitrogen and oxygen atoms in total. The van der Waals surface area contributed by atoms with Gasteiger partial charge in [-0.25, -0.2) is 9.07 Å². The summed E-state index contributed by atoms with van der Waals surface area (Å²) in [5.74, 6) is 0.325. The van der Waals surface area contributed by atoms with Crippen LogP contribution in [0, 0.1) is 12.7 Å². The molecule has 1 aliphatic rings. The van der Waals surface area contributed by atoms with Gasteiger partial charge in [-0.2, -0.15) is 5.10 Å². The van der Waals surface area contributed by atoms with E-state index in [0.717, 1.165) is 16.9 Å². The normalized spacial score (nSPS) is 15.2. The summed E-state index contributed by atoms with van der Waals surface area (Å²) in [5, 5.41) is 5.08. The summed E-state index contributed by atoms with van der Waals surface area (Å²) in [7, 11) is 0. The van der Waals surface area contributed by atoms with Gasteiger partial charge in [0.1, 0.15) is 11.0 Å². The Bertz CT molecular complexity index is 573. The zero-order valence-electron chi connectivity index (χ0n) is 9.45. The highest BCUT2D eigenvalue weighted by atomic mass is 35.5. The van der Waals surface area contributed by atoms with Gasteiger partial charge in [-0.1, -0.05) is 11.6 Å². The van der Waals surface area contributed by atoms with Crippen LogP contribution in [0.4, 0.5) is 4.39 Å². The van der Waals surface area contributed by atoms with Crippen LogP contribution < -0.4 is 0 Å². The molecule has 0 bridgehead atoms. The highest BCUT2D eigenvalue weighted by Gasteiger charge is 2.27. The van der Waals surface area contributed by atoms with Crippen molar-refractivity contribution in [1.29, 1.82) is 0 Å². The van der Waals surface area contributed by atoms with Crippen molar-refractivity contribution in [3.63, 3.8) is 0 Å². The molecule has 0 saturated heterocycles. The van der Waals surface area contributed by atoms with E-state index in [1.165, 1.54) is 25.0 Å². The number of halogens is 2. The van der Waals surface area contributed by atoms with Gasteiger partial charge in [-0.3, -0.25) is 0 Å². The molecule has 4 heteroatoms. The van der Waals surface area contributed by atoms with Gasteiger partial charge < -0.3 is 0 Å². The molecule has 88 valence electrons. The number of hydrogen-bond donors (Lipinski definition) is 0. The first kappa shape index (κ1) is 10.8. The molecule has 0 N–H and O–H groups in total. The maximum Gasteiger partial charge on any atom is 0.133 e. The zero-order chi connectivity index (χ0) is 12.0. The van der Waals surface area contributed by atoms with E-state index in [1.807, 2.05) is 13.0 Å². The molecular formula is C13H12ClFN2. The smallest absolute Gasteiger partial charge is 0.133 e. The molecule has 0 atom stereocenters. The Balaban J connectivity index is 2.07. The molecule has 1 aliphatic carbocycles. The highest BCUT2D eigenvalue weighted by molar-refractivity contribution is 6.29. The van der Waals surface area contributed by atoms with Crippen molar-refractivity contribution in [2.75, 3.05) is 0 Å². The molecule has 0 aliphatic heterocycles.